The third-order valence-electron chi connectivity index (χ3n) is 8.24. The summed E-state index contributed by atoms with van der Waals surface area (Å²) in [6.45, 7) is 2.95. The number of unbranched alkanes of at least 4 members (excludes halogenated alkanes) is 2. The molecule has 0 saturated carbocycles. The predicted molar refractivity (Wildman–Crippen MR) is 148 cm³/mol. The maximum absolute atomic E-state index is 14.6. The number of carbonyl (C=O) groups is 2. The van der Waals surface area contributed by atoms with Gasteiger partial charge in [-0.05, 0) is 42.3 Å². The molecule has 0 radical (unpaired) electrons. The van der Waals surface area contributed by atoms with E-state index in [9.17, 15) is 14.7 Å². The highest BCUT2D eigenvalue weighted by atomic mass is 16.7. The summed E-state index contributed by atoms with van der Waals surface area (Å²) in [6, 6.07) is 14.8. The Hall–Kier alpha value is -4.66. The molecule has 9 heteroatoms. The molecule has 3 aromatic carbocycles. The summed E-state index contributed by atoms with van der Waals surface area (Å²) in [5, 5.41) is 10.7. The minimum atomic E-state index is -1.12. The maximum atomic E-state index is 14.6. The fourth-order valence-corrected chi connectivity index (χ4v) is 6.36. The molecule has 1 N–H and O–H groups in total. The number of nitrogens with zero attached hydrogens (tertiary/aromatic N) is 2. The van der Waals surface area contributed by atoms with E-state index in [4.69, 9.17) is 18.9 Å². The van der Waals surface area contributed by atoms with Crippen LogP contribution < -0.4 is 23.8 Å². The van der Waals surface area contributed by atoms with Crippen LogP contribution in [-0.2, 0) is 10.2 Å². The summed E-state index contributed by atoms with van der Waals surface area (Å²) < 4.78 is 24.2. The number of hydrogen-bond donors (Lipinski definition) is 1. The van der Waals surface area contributed by atoms with Gasteiger partial charge in [0.05, 0.1) is 12.6 Å². The molecule has 0 saturated heterocycles. The van der Waals surface area contributed by atoms with Gasteiger partial charge < -0.3 is 29.0 Å². The Morgan fingerprint density at radius 3 is 2.62 bits per heavy atom. The highest BCUT2D eigenvalue weighted by molar-refractivity contribution is 6.15. The van der Waals surface area contributed by atoms with Gasteiger partial charge in [-0.3, -0.25) is 9.36 Å². The lowest BCUT2D eigenvalue weighted by Gasteiger charge is -2.24. The zero-order chi connectivity index (χ0) is 27.6. The third kappa shape index (κ3) is 3.27. The van der Waals surface area contributed by atoms with Gasteiger partial charge in [-0.15, -0.1) is 0 Å². The lowest BCUT2D eigenvalue weighted by molar-refractivity contribution is -0.122. The van der Waals surface area contributed by atoms with Crippen LogP contribution in [-0.4, -0.2) is 48.7 Å². The quantitative estimate of drug-likeness (QED) is 0.309. The number of aromatic nitrogens is 1. The lowest BCUT2D eigenvalue weighted by Crippen LogP contribution is -2.43. The molecule has 1 unspecified atom stereocenters. The number of rotatable bonds is 6. The van der Waals surface area contributed by atoms with Crippen molar-refractivity contribution in [3.05, 3.63) is 65.9 Å². The molecule has 0 bridgehead atoms. The molecule has 1 amide bonds. The highest BCUT2D eigenvalue weighted by Gasteiger charge is 2.58. The zero-order valence-corrected chi connectivity index (χ0v) is 22.2. The minimum Gasteiger partial charge on any atom is -0.497 e. The number of fused-ring (bicyclic) bond motifs is 6. The molecule has 9 nitrogen and oxygen atoms in total. The topological polar surface area (TPSA) is 99.5 Å². The Morgan fingerprint density at radius 2 is 1.85 bits per heavy atom. The standard InChI is InChI=1S/C31H28N2O7/c1-3-4-5-11-32-24-8-6-7-19(21-15-33(30(35)36)23-10-9-18(37-2)12-20(21)23)28(24)31(29(32)34)16-38-25-14-27-26(13-22(25)31)39-17-40-27/h6-10,12-15H,3-5,11,16-17H2,1-2H3,(H,35,36). The Labute approximate surface area is 230 Å². The summed E-state index contributed by atoms with van der Waals surface area (Å²) >= 11 is 0. The number of anilines is 1. The zero-order valence-electron chi connectivity index (χ0n) is 22.2. The van der Waals surface area contributed by atoms with Crippen LogP contribution in [0.3, 0.4) is 0 Å². The van der Waals surface area contributed by atoms with Crippen LogP contribution in [0.15, 0.2) is 54.7 Å². The van der Waals surface area contributed by atoms with Crippen LogP contribution in [0.5, 0.6) is 23.0 Å². The van der Waals surface area contributed by atoms with E-state index in [1.165, 1.54) is 4.57 Å². The predicted octanol–water partition coefficient (Wildman–Crippen LogP) is 5.79. The van der Waals surface area contributed by atoms with E-state index >= 15 is 0 Å². The van der Waals surface area contributed by atoms with Crippen LogP contribution >= 0.6 is 0 Å². The number of methoxy groups -OCH3 is 1. The maximum Gasteiger partial charge on any atom is 0.416 e. The van der Waals surface area contributed by atoms with Crippen molar-refractivity contribution in [2.75, 3.05) is 32.0 Å². The summed E-state index contributed by atoms with van der Waals surface area (Å²) in [5.74, 6) is 2.31. The molecular formula is C31H28N2O7. The number of amides is 1. The van der Waals surface area contributed by atoms with E-state index in [0.29, 0.717) is 46.0 Å². The van der Waals surface area contributed by atoms with Crippen LogP contribution in [0.2, 0.25) is 0 Å². The first-order valence-electron chi connectivity index (χ1n) is 13.4. The molecule has 0 fully saturated rings. The van der Waals surface area contributed by atoms with Gasteiger partial charge in [0.15, 0.2) is 11.5 Å². The first-order chi connectivity index (χ1) is 19.5. The second-order valence-electron chi connectivity index (χ2n) is 10.3. The smallest absolute Gasteiger partial charge is 0.416 e. The number of hydrogen-bond acceptors (Lipinski definition) is 6. The van der Waals surface area contributed by atoms with Crippen molar-refractivity contribution < 1.29 is 33.6 Å². The van der Waals surface area contributed by atoms with Crippen LogP contribution in [0, 0.1) is 0 Å². The van der Waals surface area contributed by atoms with Crippen molar-refractivity contribution in [3.8, 4) is 34.1 Å². The molecule has 1 atom stereocenters. The van der Waals surface area contributed by atoms with Crippen molar-refractivity contribution in [2.24, 2.45) is 0 Å². The van der Waals surface area contributed by atoms with Crippen molar-refractivity contribution in [1.82, 2.24) is 4.57 Å². The molecule has 4 aromatic rings. The molecule has 1 aromatic heterocycles. The van der Waals surface area contributed by atoms with Gasteiger partial charge in [-0.1, -0.05) is 31.9 Å². The van der Waals surface area contributed by atoms with Gasteiger partial charge in [-0.2, -0.15) is 0 Å². The Bertz CT molecular complexity index is 1710. The summed E-state index contributed by atoms with van der Waals surface area (Å²) in [7, 11) is 1.58. The molecule has 4 heterocycles. The first kappa shape index (κ1) is 24.4. The van der Waals surface area contributed by atoms with Gasteiger partial charge in [0.25, 0.3) is 0 Å². The number of ether oxygens (including phenoxy) is 4. The summed E-state index contributed by atoms with van der Waals surface area (Å²) in [5.41, 5.74) is 3.23. The second kappa shape index (κ2) is 8.94. The SMILES string of the molecule is CCCCCN1C(=O)C2(COc3cc4c(cc32)OCO4)c2c(-c3cn(C(=O)O)c4ccc(OC)cc34)cccc21. The van der Waals surface area contributed by atoms with Gasteiger partial charge in [0, 0.05) is 46.6 Å². The molecule has 40 heavy (non-hydrogen) atoms. The highest BCUT2D eigenvalue weighted by Crippen LogP contribution is 2.58. The van der Waals surface area contributed by atoms with Gasteiger partial charge in [0.2, 0.25) is 12.7 Å². The van der Waals surface area contributed by atoms with Gasteiger partial charge in [-0.25, -0.2) is 4.79 Å². The van der Waals surface area contributed by atoms with E-state index in [-0.39, 0.29) is 19.3 Å². The molecule has 3 aliphatic rings. The molecular weight excluding hydrogens is 512 g/mol. The molecule has 7 rings (SSSR count). The number of carboxylic acid groups (broad SMARTS) is 1. The number of benzene rings is 3. The number of carbonyl (C=O) groups excluding carboxylic acids is 1. The normalized spacial score (nSPS) is 18.4. The minimum absolute atomic E-state index is 0.0526. The second-order valence-corrected chi connectivity index (χ2v) is 10.3. The molecule has 3 aliphatic heterocycles. The molecule has 0 aliphatic carbocycles. The Balaban J connectivity index is 1.51. The average molecular weight is 541 g/mol. The summed E-state index contributed by atoms with van der Waals surface area (Å²) in [4.78, 5) is 28.7. The fourth-order valence-electron chi connectivity index (χ4n) is 6.36. The van der Waals surface area contributed by atoms with Crippen LogP contribution in [0.4, 0.5) is 10.5 Å². The average Bonchev–Trinajstić information content (AvgIpc) is 3.72. The largest absolute Gasteiger partial charge is 0.497 e. The monoisotopic (exact) mass is 540 g/mol. The van der Waals surface area contributed by atoms with E-state index in [1.54, 1.807) is 31.5 Å². The third-order valence-corrected chi connectivity index (χ3v) is 8.24. The van der Waals surface area contributed by atoms with E-state index in [0.717, 1.165) is 41.6 Å². The van der Waals surface area contributed by atoms with Crippen LogP contribution in [0.25, 0.3) is 22.0 Å². The van der Waals surface area contributed by atoms with Crippen molar-refractivity contribution >= 4 is 28.6 Å². The van der Waals surface area contributed by atoms with E-state index in [1.807, 2.05) is 35.2 Å². The fraction of sp³-hybridized carbons (Fsp3) is 0.290. The van der Waals surface area contributed by atoms with Crippen molar-refractivity contribution in [3.63, 3.8) is 0 Å². The molecule has 204 valence electrons. The summed E-state index contributed by atoms with van der Waals surface area (Å²) in [6.07, 6.45) is 3.43. The van der Waals surface area contributed by atoms with Gasteiger partial charge in [0.1, 0.15) is 23.5 Å². The van der Waals surface area contributed by atoms with E-state index in [2.05, 4.69) is 6.92 Å². The molecule has 1 spiro atoms. The Morgan fingerprint density at radius 1 is 1.02 bits per heavy atom. The lowest BCUT2D eigenvalue weighted by atomic mass is 9.74. The van der Waals surface area contributed by atoms with Crippen LogP contribution in [0.1, 0.15) is 37.3 Å². The first-order valence-corrected chi connectivity index (χ1v) is 13.4. The Kier molecular flexibility index (Phi) is 5.45. The van der Waals surface area contributed by atoms with Crippen molar-refractivity contribution in [2.45, 2.75) is 31.6 Å². The van der Waals surface area contributed by atoms with Crippen molar-refractivity contribution in [1.29, 1.82) is 0 Å². The van der Waals surface area contributed by atoms with Gasteiger partial charge >= 0.3 is 6.09 Å². The van der Waals surface area contributed by atoms with E-state index < -0.39 is 11.5 Å².